The van der Waals surface area contributed by atoms with Gasteiger partial charge in [0.2, 0.25) is 0 Å². The van der Waals surface area contributed by atoms with Crippen molar-refractivity contribution in [3.8, 4) is 0 Å². The molecule has 0 heterocycles. The Morgan fingerprint density at radius 3 is 0.533 bits per heavy atom. The first kappa shape index (κ1) is 51.1. The van der Waals surface area contributed by atoms with Gasteiger partial charge in [0.15, 0.2) is 0 Å². The van der Waals surface area contributed by atoms with E-state index in [0.717, 1.165) is 21.4 Å². The summed E-state index contributed by atoms with van der Waals surface area (Å²) in [5.74, 6) is 0. The molecule has 0 radical (unpaired) electrons. The van der Waals surface area contributed by atoms with E-state index >= 15 is 0 Å². The molecule has 0 unspecified atom stereocenters. The predicted molar refractivity (Wildman–Crippen MR) is 46.7 cm³/mol. The van der Waals surface area contributed by atoms with E-state index in [1.807, 2.05) is 0 Å². The molecule has 0 aliphatic carbocycles. The van der Waals surface area contributed by atoms with E-state index in [2.05, 4.69) is 0 Å². The van der Waals surface area contributed by atoms with Crippen LogP contribution in [0.4, 0.5) is 0 Å². The Labute approximate surface area is 95.8 Å². The molecule has 0 saturated carbocycles. The summed E-state index contributed by atoms with van der Waals surface area (Å²) in [6.45, 7) is 0. The van der Waals surface area contributed by atoms with Crippen molar-refractivity contribution >= 4 is 0 Å². The van der Waals surface area contributed by atoms with Gasteiger partial charge in [0.25, 0.3) is 0 Å². The third-order valence-corrected chi connectivity index (χ3v) is 0. The smallest absolute Gasteiger partial charge is 0.444 e. The number of hydrogen-bond acceptors (Lipinski definition) is 14. The molecule has 0 fully saturated rings. The van der Waals surface area contributed by atoms with E-state index < -0.39 is 0 Å². The number of rotatable bonds is 0. The van der Waals surface area contributed by atoms with E-state index in [4.69, 9.17) is 40.5 Å². The second-order valence-electron chi connectivity index (χ2n) is 0.298. The van der Waals surface area contributed by atoms with Crippen LogP contribution in [0, 0.1) is 40.5 Å². The molecule has 0 rings (SSSR count). The summed E-state index contributed by atoms with van der Waals surface area (Å²) in [5, 5.41) is 36.0. The Kier molecular flexibility index (Phi) is 1070. The van der Waals surface area contributed by atoms with Gasteiger partial charge in [-0.3, -0.25) is 0 Å². The molecule has 0 saturated heterocycles. The summed E-state index contributed by atoms with van der Waals surface area (Å²) in [5.41, 5.74) is 0. The molecule has 0 bridgehead atoms. The zero-order valence-electron chi connectivity index (χ0n) is 6.79. The molecule has 0 atom stereocenters. The summed E-state index contributed by atoms with van der Waals surface area (Å²) >= 11 is 0. The average Bonchev–Trinajstić information content (AvgIpc) is 1.92. The quantitative estimate of drug-likeness (QED) is 0.424. The topological polar surface area (TPSA) is 280 Å². The molecule has 0 aromatic heterocycles. The van der Waals surface area contributed by atoms with Crippen LogP contribution in [0.25, 0.3) is 0 Å². The van der Waals surface area contributed by atoms with Crippen LogP contribution in [0.15, 0.2) is 21.4 Å². The summed E-state index contributed by atoms with van der Waals surface area (Å²) < 4.78 is 0. The molecule has 0 aromatic carbocycles. The molecular formula is H6N6O8Pt. The Morgan fingerprint density at radius 1 is 0.533 bits per heavy atom. The molecule has 0 aliphatic heterocycles. The second kappa shape index (κ2) is 314. The van der Waals surface area contributed by atoms with Crippen molar-refractivity contribution in [2.24, 2.45) is 21.4 Å². The first-order valence-electron chi connectivity index (χ1n) is 1.46. The zero-order chi connectivity index (χ0) is 10.8. The molecule has 15 heteroatoms. The third kappa shape index (κ3) is 396. The molecule has 0 aromatic rings. The Bertz CT molecular complexity index is 73.1. The van der Waals surface area contributed by atoms with Gasteiger partial charge in [-0.25, -0.2) is 0 Å². The summed E-state index contributed by atoms with van der Waals surface area (Å²) in [6.07, 6.45) is 0. The van der Waals surface area contributed by atoms with Crippen molar-refractivity contribution in [3.63, 3.8) is 0 Å². The first-order valence-corrected chi connectivity index (χ1v) is 1.46. The fourth-order valence-electron chi connectivity index (χ4n) is 0. The predicted octanol–water partition coefficient (Wildman–Crippen LogP) is 1.32. The summed E-state index contributed by atoms with van der Waals surface area (Å²) in [7, 11) is 0. The van der Waals surface area contributed by atoms with Gasteiger partial charge in [0.05, 0.1) is 0 Å². The molecular weight excluding hydrogens is 407 g/mol. The van der Waals surface area contributed by atoms with Crippen LogP contribution in [0.2, 0.25) is 0 Å². The van der Waals surface area contributed by atoms with Gasteiger partial charge in [-0.15, -0.1) is 21.4 Å². The maximum Gasteiger partial charge on any atom is 4.00 e. The summed E-state index contributed by atoms with van der Waals surface area (Å²) in [4.78, 5) is 32.0. The van der Waals surface area contributed by atoms with Crippen LogP contribution in [-0.2, 0) is 21.1 Å². The van der Waals surface area contributed by atoms with E-state index in [1.54, 1.807) is 0 Å². The van der Waals surface area contributed by atoms with E-state index in [1.165, 1.54) is 0 Å². The van der Waals surface area contributed by atoms with E-state index in [-0.39, 0.29) is 33.4 Å². The average molecular weight is 413 g/mol. The number of hydrogen-bond donors (Lipinski definition) is 2. The monoisotopic (exact) mass is 413 g/mol. The van der Waals surface area contributed by atoms with Crippen molar-refractivity contribution in [1.82, 2.24) is 12.3 Å². The Hall–Kier alpha value is -1.79. The molecule has 94 valence electrons. The summed E-state index contributed by atoms with van der Waals surface area (Å²) in [6, 6.07) is 0. The largest absolute Gasteiger partial charge is 4.00 e. The van der Waals surface area contributed by atoms with Crippen LogP contribution in [0.3, 0.4) is 0 Å². The molecule has 6 N–H and O–H groups in total. The van der Waals surface area contributed by atoms with Crippen LogP contribution in [0.1, 0.15) is 0 Å². The maximum absolute atomic E-state index is 8.00. The van der Waals surface area contributed by atoms with Crippen molar-refractivity contribution in [2.75, 3.05) is 0 Å². The minimum Gasteiger partial charge on any atom is -0.444 e. The first-order chi connectivity index (χ1) is 5.66. The molecule has 0 aliphatic rings. The fraction of sp³-hybridized carbons (Fsp3) is 0. The van der Waals surface area contributed by atoms with E-state index in [0.29, 0.717) is 0 Å². The maximum atomic E-state index is 8.00. The van der Waals surface area contributed by atoms with Gasteiger partial charge >= 0.3 is 21.1 Å². The van der Waals surface area contributed by atoms with Crippen LogP contribution >= 0.6 is 0 Å². The third-order valence-electron chi connectivity index (χ3n) is 0. The Morgan fingerprint density at radius 2 is 0.533 bits per heavy atom. The minimum atomic E-state index is 0. The van der Waals surface area contributed by atoms with Crippen LogP contribution in [0.5, 0.6) is 0 Å². The normalized spacial score (nSPS) is 3.20. The standard InChI is InChI=1S/4HNO2.2H3N.Pt/c4*2-1-3;;;/h4*(H,2,3);2*1H3;/q;;;;;;+4/p-4. The van der Waals surface area contributed by atoms with Crippen molar-refractivity contribution in [1.29, 1.82) is 0 Å². The molecule has 0 spiro atoms. The van der Waals surface area contributed by atoms with Gasteiger partial charge in [0.1, 0.15) is 0 Å². The SMILES string of the molecule is N.N.O=N[O-].O=N[O-].O=N[O-].O=N[O-].[Pt+4]. The fourth-order valence-corrected chi connectivity index (χ4v) is 0. The van der Waals surface area contributed by atoms with Crippen molar-refractivity contribution in [3.05, 3.63) is 40.5 Å². The molecule has 14 nitrogen and oxygen atoms in total. The van der Waals surface area contributed by atoms with Crippen molar-refractivity contribution < 1.29 is 21.1 Å². The van der Waals surface area contributed by atoms with Crippen molar-refractivity contribution in [2.45, 2.75) is 0 Å². The molecule has 0 amide bonds. The van der Waals surface area contributed by atoms with Crippen LogP contribution in [-0.4, -0.2) is 0 Å². The minimum absolute atomic E-state index is 0. The Balaban J connectivity index is -0.0000000107. The molecule has 15 heavy (non-hydrogen) atoms. The van der Waals surface area contributed by atoms with Gasteiger partial charge in [-0.1, -0.05) is 0 Å². The van der Waals surface area contributed by atoms with Gasteiger partial charge in [-0.2, -0.15) is 0 Å². The second-order valence-corrected chi connectivity index (χ2v) is 0.298. The zero-order valence-corrected chi connectivity index (χ0v) is 9.06. The van der Waals surface area contributed by atoms with Gasteiger partial charge < -0.3 is 52.8 Å². The van der Waals surface area contributed by atoms with Crippen LogP contribution < -0.4 is 12.3 Å². The van der Waals surface area contributed by atoms with Gasteiger partial charge in [0, 0.05) is 0 Å². The van der Waals surface area contributed by atoms with Gasteiger partial charge in [-0.05, 0) is 0 Å². The van der Waals surface area contributed by atoms with E-state index in [9.17, 15) is 0 Å². The number of nitrogens with zero attached hydrogens (tertiary/aromatic N) is 4.